The summed E-state index contributed by atoms with van der Waals surface area (Å²) in [5, 5.41) is 12.6. The van der Waals surface area contributed by atoms with Crippen LogP contribution < -0.4 is 10.0 Å². The molecule has 2 aromatic rings. The van der Waals surface area contributed by atoms with Crippen molar-refractivity contribution in [1.82, 2.24) is 15.0 Å². The largest absolute Gasteiger partial charge is 0.387 e. The molecule has 0 aliphatic carbocycles. The van der Waals surface area contributed by atoms with E-state index in [9.17, 15) is 14.3 Å². The number of carbonyl (C=O) groups excluding carboxylic acids is 1. The van der Waals surface area contributed by atoms with E-state index in [1.165, 1.54) is 0 Å². The van der Waals surface area contributed by atoms with Crippen LogP contribution in [0.15, 0.2) is 42.6 Å². The Bertz CT molecular complexity index is 718. The number of nitrogens with zero attached hydrogens (tertiary/aromatic N) is 1. The first-order valence-electron chi connectivity index (χ1n) is 8.39. The maximum absolute atomic E-state index is 11.3. The number of benzene rings is 1. The molecule has 0 bridgehead atoms. The normalized spacial score (nSPS) is 12.7. The van der Waals surface area contributed by atoms with Gasteiger partial charge in [-0.3, -0.25) is 18.9 Å². The molecule has 154 valence electrons. The summed E-state index contributed by atoms with van der Waals surface area (Å²) >= 11 is 12.5. The minimum atomic E-state index is -1.14. The van der Waals surface area contributed by atoms with Crippen molar-refractivity contribution in [3.8, 4) is 11.1 Å². The smallest absolute Gasteiger partial charge is 0.253 e. The van der Waals surface area contributed by atoms with Crippen LogP contribution in [0, 0.1) is 0 Å². The fourth-order valence-electron chi connectivity index (χ4n) is 2.36. The lowest BCUT2D eigenvalue weighted by Gasteiger charge is -2.14. The molecule has 0 aliphatic rings. The van der Waals surface area contributed by atoms with Gasteiger partial charge in [-0.1, -0.05) is 65.5 Å². The second-order valence-corrected chi connectivity index (χ2v) is 7.44. The number of aliphatic hydroxyl groups excluding tert-OH is 1. The van der Waals surface area contributed by atoms with Crippen LogP contribution in [0.1, 0.15) is 30.3 Å². The van der Waals surface area contributed by atoms with Gasteiger partial charge in [0.15, 0.2) is 4.84 Å². The van der Waals surface area contributed by atoms with E-state index in [1.807, 2.05) is 48.9 Å². The molecule has 28 heavy (non-hydrogen) atoms. The zero-order valence-corrected chi connectivity index (χ0v) is 18.2. The zero-order chi connectivity index (χ0) is 21.1. The lowest BCUT2D eigenvalue weighted by molar-refractivity contribution is -0.119. The topological polar surface area (TPSA) is 74.2 Å². The fourth-order valence-corrected chi connectivity index (χ4v) is 2.99. The molecule has 2 unspecified atom stereocenters. The highest BCUT2D eigenvalue weighted by molar-refractivity contribution is 7.96. The minimum Gasteiger partial charge on any atom is -0.387 e. The highest BCUT2D eigenvalue weighted by Crippen LogP contribution is 2.23. The van der Waals surface area contributed by atoms with Crippen molar-refractivity contribution in [2.24, 2.45) is 0 Å². The molecule has 0 saturated heterocycles. The summed E-state index contributed by atoms with van der Waals surface area (Å²) in [6.07, 6.45) is 2.98. The van der Waals surface area contributed by atoms with Gasteiger partial charge < -0.3 is 10.4 Å². The number of halogens is 3. The molecule has 9 heteroatoms. The third-order valence-corrected chi connectivity index (χ3v) is 4.81. The van der Waals surface area contributed by atoms with Gasteiger partial charge in [0.25, 0.3) is 5.91 Å². The van der Waals surface area contributed by atoms with Crippen LogP contribution in [-0.2, 0) is 4.79 Å². The van der Waals surface area contributed by atoms with E-state index in [0.717, 1.165) is 16.8 Å². The van der Waals surface area contributed by atoms with E-state index < -0.39 is 16.8 Å². The quantitative estimate of drug-likeness (QED) is 0.417. The van der Waals surface area contributed by atoms with Crippen molar-refractivity contribution in [2.75, 3.05) is 20.0 Å². The van der Waals surface area contributed by atoms with E-state index in [0.29, 0.717) is 12.7 Å². The van der Waals surface area contributed by atoms with Crippen LogP contribution in [0.2, 0.25) is 0 Å². The number of hydrogen-bond donors (Lipinski definition) is 3. The summed E-state index contributed by atoms with van der Waals surface area (Å²) in [6, 6.07) is 11.6. The second-order valence-electron chi connectivity index (χ2n) is 5.70. The molecule has 1 amide bonds. The number of amides is 1. The number of alkyl halides is 3. The highest BCUT2D eigenvalue weighted by atomic mass is 35.5. The first-order valence-corrected chi connectivity index (χ1v) is 10.5. The summed E-state index contributed by atoms with van der Waals surface area (Å²) in [5.74, 6) is -0.527. The predicted molar refractivity (Wildman–Crippen MR) is 115 cm³/mol. The monoisotopic (exact) mass is 447 g/mol. The number of nitrogens with one attached hydrogen (secondary N) is 2. The van der Waals surface area contributed by atoms with Crippen LogP contribution in [0.4, 0.5) is 4.39 Å². The van der Waals surface area contributed by atoms with Crippen LogP contribution in [0.3, 0.4) is 0 Å². The predicted octanol–water partition coefficient (Wildman–Crippen LogP) is 4.22. The third-order valence-electron chi connectivity index (χ3n) is 3.82. The Labute approximate surface area is 179 Å². The van der Waals surface area contributed by atoms with Crippen LogP contribution in [0.25, 0.3) is 11.1 Å². The van der Waals surface area contributed by atoms with Crippen LogP contribution >= 0.6 is 35.1 Å². The van der Waals surface area contributed by atoms with E-state index in [4.69, 9.17) is 23.2 Å². The lowest BCUT2D eigenvalue weighted by Crippen LogP contribution is -2.32. The number of carbonyl (C=O) groups is 1. The highest BCUT2D eigenvalue weighted by Gasteiger charge is 2.14. The van der Waals surface area contributed by atoms with Gasteiger partial charge in [0.05, 0.1) is 25.0 Å². The molecular weight excluding hydrogens is 424 g/mol. The molecule has 5 nitrogen and oxygen atoms in total. The molecule has 0 saturated carbocycles. The summed E-state index contributed by atoms with van der Waals surface area (Å²) in [7, 11) is 0.500. The van der Waals surface area contributed by atoms with Gasteiger partial charge in [-0.05, 0) is 30.4 Å². The van der Waals surface area contributed by atoms with Crippen molar-refractivity contribution < 1.29 is 14.3 Å². The average molecular weight is 448 g/mol. The second kappa shape index (κ2) is 13.0. The van der Waals surface area contributed by atoms with Gasteiger partial charge >= 0.3 is 0 Å². The Morgan fingerprint density at radius 1 is 1.18 bits per heavy atom. The Morgan fingerprint density at radius 2 is 1.79 bits per heavy atom. The number of rotatable bonds is 8. The van der Waals surface area contributed by atoms with Crippen molar-refractivity contribution in [1.29, 1.82) is 0 Å². The summed E-state index contributed by atoms with van der Waals surface area (Å²) < 4.78 is 12.7. The van der Waals surface area contributed by atoms with Crippen LogP contribution in [-0.4, -0.2) is 40.8 Å². The van der Waals surface area contributed by atoms with Gasteiger partial charge in [0.2, 0.25) is 0 Å². The van der Waals surface area contributed by atoms with Gasteiger partial charge in [-0.25, -0.2) is 0 Å². The first kappa shape index (κ1) is 24.7. The van der Waals surface area contributed by atoms with Gasteiger partial charge in [-0.15, -0.1) is 0 Å². The van der Waals surface area contributed by atoms with Crippen LogP contribution in [0.5, 0.6) is 0 Å². The maximum atomic E-state index is 11.3. The SMILES string of the molecule is CF.CSNC(C)c1ccc(-c2ccc(C(O)CNC(=O)C(Cl)Cl)cc2)cn1. The zero-order valence-electron chi connectivity index (χ0n) is 15.8. The minimum absolute atomic E-state index is 0.0463. The van der Waals surface area contributed by atoms with Crippen molar-refractivity contribution >= 4 is 41.1 Å². The molecule has 1 heterocycles. The fraction of sp³-hybridized carbons (Fsp3) is 0.368. The van der Waals surface area contributed by atoms with Gasteiger partial charge in [0.1, 0.15) is 0 Å². The number of aromatic nitrogens is 1. The maximum Gasteiger partial charge on any atom is 0.253 e. The number of aliphatic hydroxyl groups is 1. The van der Waals surface area contributed by atoms with Crippen molar-refractivity contribution in [3.05, 3.63) is 53.9 Å². The molecule has 2 rings (SSSR count). The van der Waals surface area contributed by atoms with E-state index >= 15 is 0 Å². The third kappa shape index (κ3) is 7.56. The summed E-state index contributed by atoms with van der Waals surface area (Å²) in [4.78, 5) is 14.7. The molecular formula is C19H24Cl2FN3O2S. The molecule has 3 N–H and O–H groups in total. The molecule has 0 fully saturated rings. The molecule has 1 aromatic heterocycles. The Balaban J connectivity index is 0.00000190. The molecule has 1 aromatic carbocycles. The first-order chi connectivity index (χ1) is 13.4. The Kier molecular flexibility index (Phi) is 11.4. The average Bonchev–Trinajstić information content (AvgIpc) is 2.73. The van der Waals surface area contributed by atoms with Crippen molar-refractivity contribution in [2.45, 2.75) is 23.9 Å². The van der Waals surface area contributed by atoms with E-state index in [-0.39, 0.29) is 12.6 Å². The Morgan fingerprint density at radius 3 is 2.29 bits per heavy atom. The number of hydrogen-bond acceptors (Lipinski definition) is 5. The molecule has 0 spiro atoms. The number of pyridine rings is 1. The van der Waals surface area contributed by atoms with Gasteiger partial charge in [-0.2, -0.15) is 0 Å². The Hall–Kier alpha value is -1.38. The molecule has 2 atom stereocenters. The van der Waals surface area contributed by atoms with E-state index in [2.05, 4.69) is 21.9 Å². The summed E-state index contributed by atoms with van der Waals surface area (Å²) in [6.45, 7) is 2.11. The molecule has 0 aliphatic heterocycles. The van der Waals surface area contributed by atoms with Crippen molar-refractivity contribution in [3.63, 3.8) is 0 Å². The standard InChI is InChI=1S/C18H21Cl2N3O2S.CH3F/c1-11(23-26-2)15-8-7-14(9-21-15)12-3-5-13(6-4-12)16(24)10-22-18(25)17(19)20;1-2/h3-9,11,16-17,23-24H,10H2,1-2H3,(H,22,25);1H3. The molecule has 0 radical (unpaired) electrons. The summed E-state index contributed by atoms with van der Waals surface area (Å²) in [5.41, 5.74) is 3.66. The lowest BCUT2D eigenvalue weighted by atomic mass is 10.0. The van der Waals surface area contributed by atoms with Gasteiger partial charge in [0, 0.05) is 18.3 Å². The van der Waals surface area contributed by atoms with E-state index in [1.54, 1.807) is 11.9 Å².